The molecular weight excluding hydrogens is 260 g/mol. The number of aromatic nitrogens is 2. The van der Waals surface area contributed by atoms with E-state index in [1.54, 1.807) is 10.9 Å². The summed E-state index contributed by atoms with van der Waals surface area (Å²) in [4.78, 5) is 28.2. The van der Waals surface area contributed by atoms with E-state index in [0.717, 1.165) is 35.0 Å². The SMILES string of the molecule is Cc1csc2c(=O)n(CCC3CCCC3=O)cnc12. The Bertz CT molecular complexity index is 686. The van der Waals surface area contributed by atoms with Crippen molar-refractivity contribution in [3.05, 3.63) is 27.6 Å². The molecule has 19 heavy (non-hydrogen) atoms. The molecular formula is C14H16N2O2S. The van der Waals surface area contributed by atoms with Gasteiger partial charge in [0.1, 0.15) is 10.5 Å². The van der Waals surface area contributed by atoms with Crippen molar-refractivity contribution >= 4 is 27.3 Å². The zero-order valence-corrected chi connectivity index (χ0v) is 11.7. The van der Waals surface area contributed by atoms with Crippen molar-refractivity contribution in [3.8, 4) is 0 Å². The van der Waals surface area contributed by atoms with Gasteiger partial charge in [-0.2, -0.15) is 0 Å². The first-order chi connectivity index (χ1) is 9.16. The van der Waals surface area contributed by atoms with E-state index < -0.39 is 0 Å². The molecule has 0 bridgehead atoms. The van der Waals surface area contributed by atoms with Gasteiger partial charge in [0, 0.05) is 18.9 Å². The quantitative estimate of drug-likeness (QED) is 0.865. The van der Waals surface area contributed by atoms with Gasteiger partial charge in [0.2, 0.25) is 0 Å². The van der Waals surface area contributed by atoms with Crippen LogP contribution < -0.4 is 5.56 Å². The fourth-order valence-corrected chi connectivity index (χ4v) is 3.66. The summed E-state index contributed by atoms with van der Waals surface area (Å²) in [5.74, 6) is 0.502. The molecule has 0 spiro atoms. The van der Waals surface area contributed by atoms with E-state index in [2.05, 4.69) is 4.98 Å². The normalized spacial score (nSPS) is 19.4. The number of nitrogens with zero attached hydrogens (tertiary/aromatic N) is 2. The second-order valence-corrected chi connectivity index (χ2v) is 6.06. The number of carbonyl (C=O) groups excluding carboxylic acids is 1. The van der Waals surface area contributed by atoms with Crippen LogP contribution >= 0.6 is 11.3 Å². The first-order valence-corrected chi connectivity index (χ1v) is 7.50. The molecule has 0 aromatic carbocycles. The minimum Gasteiger partial charge on any atom is -0.299 e. The zero-order chi connectivity index (χ0) is 13.4. The van der Waals surface area contributed by atoms with Crippen molar-refractivity contribution in [1.82, 2.24) is 9.55 Å². The fourth-order valence-electron chi connectivity index (χ4n) is 2.71. The van der Waals surface area contributed by atoms with Crippen molar-refractivity contribution in [2.75, 3.05) is 0 Å². The van der Waals surface area contributed by atoms with Gasteiger partial charge < -0.3 is 0 Å². The lowest BCUT2D eigenvalue weighted by molar-refractivity contribution is -0.120. The third-order valence-electron chi connectivity index (χ3n) is 3.87. The molecule has 0 saturated heterocycles. The molecule has 1 aliphatic carbocycles. The Kier molecular flexibility index (Phi) is 3.22. The summed E-state index contributed by atoms with van der Waals surface area (Å²) < 4.78 is 2.36. The summed E-state index contributed by atoms with van der Waals surface area (Å²) in [7, 11) is 0. The molecule has 0 aliphatic heterocycles. The maximum absolute atomic E-state index is 12.3. The van der Waals surface area contributed by atoms with Crippen LogP contribution in [0.2, 0.25) is 0 Å². The number of thiophene rings is 1. The predicted molar refractivity (Wildman–Crippen MR) is 75.6 cm³/mol. The third kappa shape index (κ3) is 2.23. The van der Waals surface area contributed by atoms with Gasteiger partial charge in [-0.15, -0.1) is 11.3 Å². The summed E-state index contributed by atoms with van der Waals surface area (Å²) in [6.07, 6.45) is 5.06. The van der Waals surface area contributed by atoms with Crippen molar-refractivity contribution in [2.45, 2.75) is 39.2 Å². The Morgan fingerprint density at radius 3 is 3.05 bits per heavy atom. The van der Waals surface area contributed by atoms with Gasteiger partial charge in [-0.25, -0.2) is 4.98 Å². The second kappa shape index (κ2) is 4.89. The molecule has 0 radical (unpaired) electrons. The van der Waals surface area contributed by atoms with Gasteiger partial charge in [0.15, 0.2) is 0 Å². The molecule has 5 heteroatoms. The highest BCUT2D eigenvalue weighted by Crippen LogP contribution is 2.25. The number of rotatable bonds is 3. The van der Waals surface area contributed by atoms with Crippen LogP contribution in [0.4, 0.5) is 0 Å². The predicted octanol–water partition coefficient (Wildman–Crippen LogP) is 2.53. The molecule has 0 N–H and O–H groups in total. The second-order valence-electron chi connectivity index (χ2n) is 5.18. The van der Waals surface area contributed by atoms with Crippen LogP contribution in [0.3, 0.4) is 0 Å². The molecule has 1 fully saturated rings. The van der Waals surface area contributed by atoms with Gasteiger partial charge in [0.05, 0.1) is 11.8 Å². The zero-order valence-electron chi connectivity index (χ0n) is 10.9. The highest BCUT2D eigenvalue weighted by molar-refractivity contribution is 7.17. The Balaban J connectivity index is 1.83. The molecule has 3 rings (SSSR count). The van der Waals surface area contributed by atoms with E-state index in [1.165, 1.54) is 11.3 Å². The van der Waals surface area contributed by atoms with E-state index >= 15 is 0 Å². The van der Waals surface area contributed by atoms with Gasteiger partial charge >= 0.3 is 0 Å². The maximum atomic E-state index is 12.3. The summed E-state index contributed by atoms with van der Waals surface area (Å²) in [5, 5.41) is 1.96. The van der Waals surface area contributed by atoms with E-state index in [1.807, 2.05) is 12.3 Å². The summed E-state index contributed by atoms with van der Waals surface area (Å²) in [6, 6.07) is 0. The van der Waals surface area contributed by atoms with Crippen LogP contribution in [0.1, 0.15) is 31.2 Å². The number of carbonyl (C=O) groups is 1. The number of Topliss-reactive ketones (excluding diaryl/α,β-unsaturated/α-hetero) is 1. The number of hydrogen-bond donors (Lipinski definition) is 0. The molecule has 2 aromatic heterocycles. The van der Waals surface area contributed by atoms with Gasteiger partial charge in [-0.1, -0.05) is 0 Å². The van der Waals surface area contributed by atoms with E-state index in [0.29, 0.717) is 18.7 Å². The smallest absolute Gasteiger partial charge is 0.271 e. The van der Waals surface area contributed by atoms with Crippen LogP contribution in [0, 0.1) is 12.8 Å². The van der Waals surface area contributed by atoms with E-state index in [-0.39, 0.29) is 11.5 Å². The molecule has 0 amide bonds. The van der Waals surface area contributed by atoms with Crippen molar-refractivity contribution in [3.63, 3.8) is 0 Å². The Morgan fingerprint density at radius 1 is 1.47 bits per heavy atom. The first kappa shape index (κ1) is 12.5. The van der Waals surface area contributed by atoms with Crippen molar-refractivity contribution < 1.29 is 4.79 Å². The topological polar surface area (TPSA) is 52.0 Å². The summed E-state index contributed by atoms with van der Waals surface area (Å²) in [5.41, 5.74) is 1.88. The molecule has 100 valence electrons. The lowest BCUT2D eigenvalue weighted by Gasteiger charge is -2.09. The monoisotopic (exact) mass is 276 g/mol. The van der Waals surface area contributed by atoms with Crippen LogP contribution in [0.5, 0.6) is 0 Å². The van der Waals surface area contributed by atoms with Gasteiger partial charge in [0.25, 0.3) is 5.56 Å². The van der Waals surface area contributed by atoms with Crippen LogP contribution in [0.25, 0.3) is 10.2 Å². The number of fused-ring (bicyclic) bond motifs is 1. The molecule has 1 aliphatic rings. The molecule has 1 atom stereocenters. The summed E-state index contributed by atoms with van der Waals surface area (Å²) in [6.45, 7) is 2.56. The molecule has 4 nitrogen and oxygen atoms in total. The van der Waals surface area contributed by atoms with Gasteiger partial charge in [-0.3, -0.25) is 14.2 Å². The maximum Gasteiger partial charge on any atom is 0.271 e. The average Bonchev–Trinajstić information content (AvgIpc) is 2.96. The van der Waals surface area contributed by atoms with E-state index in [9.17, 15) is 9.59 Å². The third-order valence-corrected chi connectivity index (χ3v) is 4.95. The summed E-state index contributed by atoms with van der Waals surface area (Å²) >= 11 is 1.45. The lowest BCUT2D eigenvalue weighted by Crippen LogP contribution is -2.22. The Hall–Kier alpha value is -1.49. The van der Waals surface area contributed by atoms with Crippen molar-refractivity contribution in [2.24, 2.45) is 5.92 Å². The average molecular weight is 276 g/mol. The lowest BCUT2D eigenvalue weighted by atomic mass is 10.0. The van der Waals surface area contributed by atoms with Crippen LogP contribution in [0.15, 0.2) is 16.5 Å². The minimum atomic E-state index is 0.0218. The number of aryl methyl sites for hydroxylation is 2. The van der Waals surface area contributed by atoms with Crippen LogP contribution in [-0.4, -0.2) is 15.3 Å². The standard InChI is InChI=1S/C14H16N2O2S/c1-9-7-19-13-12(9)15-8-16(14(13)18)6-5-10-3-2-4-11(10)17/h7-8,10H,2-6H2,1H3. The molecule has 2 heterocycles. The number of hydrogen-bond acceptors (Lipinski definition) is 4. The fraction of sp³-hybridized carbons (Fsp3) is 0.500. The minimum absolute atomic E-state index is 0.0218. The Morgan fingerprint density at radius 2 is 2.32 bits per heavy atom. The van der Waals surface area contributed by atoms with Crippen molar-refractivity contribution in [1.29, 1.82) is 0 Å². The molecule has 2 aromatic rings. The highest BCUT2D eigenvalue weighted by atomic mass is 32.1. The highest BCUT2D eigenvalue weighted by Gasteiger charge is 2.24. The van der Waals surface area contributed by atoms with Gasteiger partial charge in [-0.05, 0) is 37.1 Å². The first-order valence-electron chi connectivity index (χ1n) is 6.63. The van der Waals surface area contributed by atoms with E-state index in [4.69, 9.17) is 0 Å². The largest absolute Gasteiger partial charge is 0.299 e. The van der Waals surface area contributed by atoms with Crippen LogP contribution in [-0.2, 0) is 11.3 Å². The molecule has 1 saturated carbocycles. The molecule has 1 unspecified atom stereocenters. The number of ketones is 1. The Labute approximate surface area is 115 Å².